The lowest BCUT2D eigenvalue weighted by Crippen LogP contribution is -2.40. The van der Waals surface area contributed by atoms with Crippen molar-refractivity contribution in [2.45, 2.75) is 51.0 Å². The Bertz CT molecular complexity index is 660. The van der Waals surface area contributed by atoms with Gasteiger partial charge < -0.3 is 4.90 Å². The second-order valence-electron chi connectivity index (χ2n) is 8.27. The summed E-state index contributed by atoms with van der Waals surface area (Å²) < 4.78 is 0. The van der Waals surface area contributed by atoms with Crippen molar-refractivity contribution in [2.75, 3.05) is 26.4 Å². The molecule has 0 heterocycles. The molecule has 0 aliphatic heterocycles. The number of hydrogen-bond acceptors (Lipinski definition) is 1. The van der Waals surface area contributed by atoms with Crippen LogP contribution in [0, 0.1) is 5.92 Å². The van der Waals surface area contributed by atoms with Crippen molar-refractivity contribution in [3.05, 3.63) is 60.7 Å². The van der Waals surface area contributed by atoms with Crippen LogP contribution in [0.4, 0.5) is 0 Å². The van der Waals surface area contributed by atoms with Crippen molar-refractivity contribution in [1.82, 2.24) is 4.90 Å². The topological polar surface area (TPSA) is 3.24 Å². The highest BCUT2D eigenvalue weighted by Crippen LogP contribution is 2.60. The molecule has 3 rings (SSSR count). The Hall–Kier alpha value is -0.740. The lowest BCUT2D eigenvalue weighted by atomic mass is 9.98. The summed E-state index contributed by atoms with van der Waals surface area (Å²) in [5.74, 6) is 0.837. The highest BCUT2D eigenvalue weighted by Gasteiger charge is 2.46. The predicted octanol–water partition coefficient (Wildman–Crippen LogP) is 5.74. The number of hydrogen-bond donors (Lipinski definition) is 0. The van der Waals surface area contributed by atoms with Crippen LogP contribution in [-0.2, 0) is 0 Å². The van der Waals surface area contributed by atoms with Crippen LogP contribution in [0.2, 0.25) is 0 Å². The van der Waals surface area contributed by atoms with Gasteiger partial charge in [-0.2, -0.15) is 0 Å². The summed E-state index contributed by atoms with van der Waals surface area (Å²) in [6, 6.07) is 23.5. The Balaban J connectivity index is 2.04. The van der Waals surface area contributed by atoms with Crippen molar-refractivity contribution in [1.29, 1.82) is 0 Å². The predicted molar refractivity (Wildman–Crippen MR) is 131 cm³/mol. The molecule has 3 heteroatoms. The van der Waals surface area contributed by atoms with E-state index in [0.717, 1.165) is 17.2 Å². The lowest BCUT2D eigenvalue weighted by Gasteiger charge is -2.40. The zero-order chi connectivity index (χ0) is 20.1. The summed E-state index contributed by atoms with van der Waals surface area (Å²) in [4.78, 5) is 2.46. The lowest BCUT2D eigenvalue weighted by molar-refractivity contribution is 0.232. The maximum Gasteiger partial charge on any atom is 0.00953 e. The van der Waals surface area contributed by atoms with E-state index in [0.29, 0.717) is 6.04 Å². The fourth-order valence-electron chi connectivity index (χ4n) is 5.05. The van der Waals surface area contributed by atoms with E-state index in [1.54, 1.807) is 10.6 Å². The highest BCUT2D eigenvalue weighted by atomic mass is 31.1. The summed E-state index contributed by atoms with van der Waals surface area (Å²) in [6.07, 6.45) is 5.53. The van der Waals surface area contributed by atoms with Gasteiger partial charge in [-0.15, -0.1) is 7.92 Å². The molecule has 0 aromatic heterocycles. The molecule has 3 unspecified atom stereocenters. The normalized spacial score (nSPS) is 23.6. The third-order valence-corrected chi connectivity index (χ3v) is 13.1. The van der Waals surface area contributed by atoms with Crippen LogP contribution in [0.5, 0.6) is 0 Å². The SMILES string of the molecule is CCP(CC)C1C([C@@H](C)N(C)C)CCC1P(c1ccccc1)c1ccccc1. The van der Waals surface area contributed by atoms with Gasteiger partial charge in [0.05, 0.1) is 0 Å². The first-order valence-corrected chi connectivity index (χ1v) is 14.1. The Morgan fingerprint density at radius 2 is 1.36 bits per heavy atom. The van der Waals surface area contributed by atoms with Crippen LogP contribution in [0.3, 0.4) is 0 Å². The van der Waals surface area contributed by atoms with Crippen molar-refractivity contribution in [2.24, 2.45) is 5.92 Å². The van der Waals surface area contributed by atoms with Crippen LogP contribution >= 0.6 is 15.8 Å². The largest absolute Gasteiger partial charge is 0.306 e. The smallest absolute Gasteiger partial charge is 0.00953 e. The van der Waals surface area contributed by atoms with E-state index in [9.17, 15) is 0 Å². The minimum atomic E-state index is -0.308. The highest BCUT2D eigenvalue weighted by molar-refractivity contribution is 7.74. The van der Waals surface area contributed by atoms with Gasteiger partial charge in [0.25, 0.3) is 0 Å². The van der Waals surface area contributed by atoms with Crippen molar-refractivity contribution < 1.29 is 0 Å². The van der Waals surface area contributed by atoms with Crippen molar-refractivity contribution in [3.8, 4) is 0 Å². The van der Waals surface area contributed by atoms with E-state index in [1.807, 2.05) is 0 Å². The average molecular weight is 414 g/mol. The second kappa shape index (κ2) is 10.3. The van der Waals surface area contributed by atoms with E-state index >= 15 is 0 Å². The first-order chi connectivity index (χ1) is 13.6. The molecule has 2 aromatic rings. The van der Waals surface area contributed by atoms with E-state index in [-0.39, 0.29) is 15.8 Å². The molecule has 28 heavy (non-hydrogen) atoms. The van der Waals surface area contributed by atoms with Crippen molar-refractivity contribution in [3.63, 3.8) is 0 Å². The summed E-state index contributed by atoms with van der Waals surface area (Å²) in [6.45, 7) is 7.34. The fraction of sp³-hybridized carbons (Fsp3) is 0.520. The first-order valence-electron chi connectivity index (χ1n) is 10.9. The molecular weight excluding hydrogens is 376 g/mol. The van der Waals surface area contributed by atoms with E-state index < -0.39 is 0 Å². The average Bonchev–Trinajstić information content (AvgIpc) is 3.14. The molecule has 0 spiro atoms. The quantitative estimate of drug-likeness (QED) is 0.499. The Labute approximate surface area is 175 Å². The van der Waals surface area contributed by atoms with Gasteiger partial charge >= 0.3 is 0 Å². The van der Waals surface area contributed by atoms with Crippen LogP contribution in [0.15, 0.2) is 60.7 Å². The monoisotopic (exact) mass is 413 g/mol. The standard InChI is InChI=1S/C25H37NP2/c1-6-27(7-2)25-23(20(3)26(4)5)18-19-24(25)28(21-14-10-8-11-15-21)22-16-12-9-13-17-22/h8-17,20,23-25H,6-7,18-19H2,1-5H3/t20-,23?,24?,25?/m1/s1. The molecule has 152 valence electrons. The molecule has 1 aliphatic rings. The Morgan fingerprint density at radius 1 is 0.857 bits per heavy atom. The van der Waals surface area contributed by atoms with Crippen LogP contribution < -0.4 is 10.6 Å². The van der Waals surface area contributed by atoms with Crippen LogP contribution in [-0.4, -0.2) is 48.7 Å². The van der Waals surface area contributed by atoms with E-state index in [1.165, 1.54) is 25.2 Å². The summed E-state index contributed by atoms with van der Waals surface area (Å²) >= 11 is 0. The zero-order valence-electron chi connectivity index (χ0n) is 18.3. The van der Waals surface area contributed by atoms with Crippen LogP contribution in [0.1, 0.15) is 33.6 Å². The molecular formula is C25H37NP2. The minimum Gasteiger partial charge on any atom is -0.306 e. The maximum absolute atomic E-state index is 2.46. The molecule has 0 N–H and O–H groups in total. The van der Waals surface area contributed by atoms with Gasteiger partial charge in [-0.05, 0) is 82.0 Å². The molecule has 0 saturated heterocycles. The maximum atomic E-state index is 2.46. The third kappa shape index (κ3) is 4.70. The number of nitrogens with zero attached hydrogens (tertiary/aromatic N) is 1. The van der Waals surface area contributed by atoms with E-state index in [2.05, 4.69) is 100 Å². The molecule has 1 fully saturated rings. The Kier molecular flexibility index (Phi) is 8.11. The molecule has 0 radical (unpaired) electrons. The molecule has 1 saturated carbocycles. The molecule has 1 nitrogen and oxygen atoms in total. The Morgan fingerprint density at radius 3 is 1.79 bits per heavy atom. The van der Waals surface area contributed by atoms with Gasteiger partial charge in [-0.1, -0.05) is 74.5 Å². The van der Waals surface area contributed by atoms with Gasteiger partial charge in [0.15, 0.2) is 0 Å². The zero-order valence-corrected chi connectivity index (χ0v) is 20.0. The minimum absolute atomic E-state index is 0.0832. The van der Waals surface area contributed by atoms with Gasteiger partial charge in [0.2, 0.25) is 0 Å². The number of benzene rings is 2. The molecule has 1 aliphatic carbocycles. The molecule has 2 aromatic carbocycles. The fourth-order valence-corrected chi connectivity index (χ4v) is 11.9. The van der Waals surface area contributed by atoms with Crippen molar-refractivity contribution >= 4 is 26.5 Å². The van der Waals surface area contributed by atoms with Gasteiger partial charge in [0.1, 0.15) is 0 Å². The third-order valence-electron chi connectivity index (χ3n) is 6.70. The van der Waals surface area contributed by atoms with Gasteiger partial charge in [-0.3, -0.25) is 0 Å². The van der Waals surface area contributed by atoms with Gasteiger partial charge in [-0.25, -0.2) is 0 Å². The molecule has 0 bridgehead atoms. The summed E-state index contributed by atoms with van der Waals surface area (Å²) in [7, 11) is 4.32. The second-order valence-corrected chi connectivity index (χ2v) is 13.7. The van der Waals surface area contributed by atoms with E-state index in [4.69, 9.17) is 0 Å². The summed E-state index contributed by atoms with van der Waals surface area (Å²) in [5.41, 5.74) is 1.70. The first kappa shape index (κ1) is 22.0. The molecule has 4 atom stereocenters. The number of rotatable bonds is 8. The van der Waals surface area contributed by atoms with Crippen LogP contribution in [0.25, 0.3) is 0 Å². The summed E-state index contributed by atoms with van der Waals surface area (Å²) in [5, 5.41) is 3.14. The molecule has 0 amide bonds. The van der Waals surface area contributed by atoms with Gasteiger partial charge in [0, 0.05) is 6.04 Å².